The Morgan fingerprint density at radius 1 is 0.976 bits per heavy atom. The van der Waals surface area contributed by atoms with E-state index in [0.717, 1.165) is 15.8 Å². The van der Waals surface area contributed by atoms with Crippen molar-refractivity contribution in [3.05, 3.63) is 97.4 Å². The molecule has 2 aliphatic rings. The summed E-state index contributed by atoms with van der Waals surface area (Å²) in [6.45, 7) is 1.93. The number of para-hydroxylation sites is 1. The fraction of sp³-hybridized carbons (Fsp3) is 0.200. The highest BCUT2D eigenvalue weighted by atomic mass is 79.9. The summed E-state index contributed by atoms with van der Waals surface area (Å²) in [7, 11) is 0. The highest BCUT2D eigenvalue weighted by molar-refractivity contribution is 9.10. The van der Waals surface area contributed by atoms with Crippen LogP contribution in [0, 0.1) is 5.92 Å². The van der Waals surface area contributed by atoms with E-state index < -0.39 is 17.1 Å². The number of rotatable bonds is 8. The molecule has 3 amide bonds. The molecule has 0 spiro atoms. The fourth-order valence-corrected chi connectivity index (χ4v) is 7.97. The number of imide groups is 1. The van der Waals surface area contributed by atoms with E-state index in [1.54, 1.807) is 54.6 Å². The summed E-state index contributed by atoms with van der Waals surface area (Å²) in [4.78, 5) is 57.0. The minimum atomic E-state index is -0.733. The number of carbonyl (C=O) groups excluding carboxylic acids is 3. The molecule has 6 rings (SSSR count). The highest BCUT2D eigenvalue weighted by Gasteiger charge is 2.56. The second-order valence-corrected chi connectivity index (χ2v) is 12.7. The monoisotopic (exact) mass is 665 g/mol. The average Bonchev–Trinajstić information content (AvgIpc) is 3.47. The smallest absolute Gasteiger partial charge is 0.305 e. The van der Waals surface area contributed by atoms with Crippen molar-refractivity contribution >= 4 is 68.1 Å². The van der Waals surface area contributed by atoms with Crippen molar-refractivity contribution in [3.63, 3.8) is 0 Å². The van der Waals surface area contributed by atoms with Crippen LogP contribution < -0.4 is 24.6 Å². The number of thioether (sulfide) groups is 1. The first-order valence-corrected chi connectivity index (χ1v) is 15.6. The van der Waals surface area contributed by atoms with Gasteiger partial charge in [-0.1, -0.05) is 63.3 Å². The molecule has 3 aromatic carbocycles. The third kappa shape index (κ3) is 5.37. The highest BCUT2D eigenvalue weighted by Crippen LogP contribution is 2.53. The number of ether oxygens (including phenoxy) is 2. The second kappa shape index (κ2) is 11.8. The first-order chi connectivity index (χ1) is 20.3. The molecule has 1 aromatic heterocycles. The van der Waals surface area contributed by atoms with Gasteiger partial charge in [0.25, 0.3) is 5.91 Å². The van der Waals surface area contributed by atoms with E-state index in [0.29, 0.717) is 44.9 Å². The van der Waals surface area contributed by atoms with Crippen molar-refractivity contribution in [3.8, 4) is 11.5 Å². The normalized spacial score (nSPS) is 19.3. The van der Waals surface area contributed by atoms with E-state index in [1.807, 2.05) is 25.1 Å². The van der Waals surface area contributed by atoms with Crippen LogP contribution in [0.5, 0.6) is 11.5 Å². The molecule has 2 N–H and O–H groups in total. The number of aromatic amines is 1. The average molecular weight is 667 g/mol. The van der Waals surface area contributed by atoms with Gasteiger partial charge in [-0.3, -0.25) is 19.2 Å². The predicted molar refractivity (Wildman–Crippen MR) is 165 cm³/mol. The zero-order valence-corrected chi connectivity index (χ0v) is 25.4. The number of hydrogen-bond acceptors (Lipinski definition) is 8. The predicted octanol–water partition coefficient (Wildman–Crippen LogP) is 5.41. The third-order valence-corrected chi connectivity index (χ3v) is 9.88. The largest absolute Gasteiger partial charge is 0.490 e. The van der Waals surface area contributed by atoms with E-state index in [4.69, 9.17) is 9.47 Å². The second-order valence-electron chi connectivity index (χ2n) is 9.58. The summed E-state index contributed by atoms with van der Waals surface area (Å²) in [5, 5.41) is 2.66. The first kappa shape index (κ1) is 28.3. The zero-order valence-electron chi connectivity index (χ0n) is 22.2. The summed E-state index contributed by atoms with van der Waals surface area (Å²) >= 11 is 5.66. The molecule has 0 unspecified atom stereocenters. The van der Waals surface area contributed by atoms with Gasteiger partial charge in [-0.15, -0.1) is 0 Å². The van der Waals surface area contributed by atoms with Crippen molar-refractivity contribution in [2.45, 2.75) is 23.1 Å². The Hall–Kier alpha value is -3.87. The fourth-order valence-electron chi connectivity index (χ4n) is 5.19. The quantitative estimate of drug-likeness (QED) is 0.242. The third-order valence-electron chi connectivity index (χ3n) is 6.95. The van der Waals surface area contributed by atoms with Gasteiger partial charge < -0.3 is 19.8 Å². The molecule has 214 valence electrons. The van der Waals surface area contributed by atoms with Crippen LogP contribution in [0.2, 0.25) is 0 Å². The SMILES string of the molecule is CCOc1cc([C@@H]2c3sc(=O)[nH]c3S[C@H]3C(=O)N(c4ccc(Br)cc4)C(=O)[C@@H]23)ccc1OCC(=O)Nc1ccccc1. The van der Waals surface area contributed by atoms with E-state index in [-0.39, 0.29) is 29.2 Å². The van der Waals surface area contributed by atoms with Crippen molar-refractivity contribution < 1.29 is 23.9 Å². The van der Waals surface area contributed by atoms with Gasteiger partial charge in [-0.25, -0.2) is 4.90 Å². The van der Waals surface area contributed by atoms with Crippen LogP contribution in [0.3, 0.4) is 0 Å². The Bertz CT molecular complexity index is 1720. The molecule has 3 heterocycles. The first-order valence-electron chi connectivity index (χ1n) is 13.1. The lowest BCUT2D eigenvalue weighted by atomic mass is 9.83. The van der Waals surface area contributed by atoms with Gasteiger partial charge in [0, 0.05) is 21.0 Å². The maximum Gasteiger partial charge on any atom is 0.305 e. The molecule has 0 radical (unpaired) electrons. The number of carbonyl (C=O) groups is 3. The van der Waals surface area contributed by atoms with Crippen LogP contribution in [0.4, 0.5) is 11.4 Å². The lowest BCUT2D eigenvalue weighted by Gasteiger charge is -2.30. The van der Waals surface area contributed by atoms with Crippen molar-refractivity contribution in [2.24, 2.45) is 5.92 Å². The maximum absolute atomic E-state index is 13.9. The molecule has 0 aliphatic carbocycles. The van der Waals surface area contributed by atoms with E-state index in [2.05, 4.69) is 26.2 Å². The van der Waals surface area contributed by atoms with Crippen molar-refractivity contribution in [1.29, 1.82) is 0 Å². The molecule has 9 nitrogen and oxygen atoms in total. The number of aromatic nitrogens is 1. The molecular weight excluding hydrogens is 642 g/mol. The van der Waals surface area contributed by atoms with Crippen molar-refractivity contribution in [1.82, 2.24) is 4.98 Å². The van der Waals surface area contributed by atoms with Gasteiger partial charge in [-0.05, 0) is 61.0 Å². The number of thiazole rings is 1. The van der Waals surface area contributed by atoms with E-state index in [9.17, 15) is 19.2 Å². The molecule has 2 aliphatic heterocycles. The number of halogens is 1. The molecule has 3 atom stereocenters. The molecule has 0 bridgehead atoms. The van der Waals surface area contributed by atoms with Crippen LogP contribution in [0.15, 0.2) is 87.1 Å². The van der Waals surface area contributed by atoms with Gasteiger partial charge in [0.2, 0.25) is 11.8 Å². The van der Waals surface area contributed by atoms with Crippen LogP contribution in [-0.4, -0.2) is 41.2 Å². The molecular formula is C30H24BrN3O6S2. The van der Waals surface area contributed by atoms with E-state index >= 15 is 0 Å². The van der Waals surface area contributed by atoms with Gasteiger partial charge in [0.15, 0.2) is 18.1 Å². The Balaban J connectivity index is 1.32. The van der Waals surface area contributed by atoms with Crippen molar-refractivity contribution in [2.75, 3.05) is 23.4 Å². The lowest BCUT2D eigenvalue weighted by molar-refractivity contribution is -0.122. The number of amides is 3. The van der Waals surface area contributed by atoms with E-state index in [1.165, 1.54) is 16.7 Å². The Kier molecular flexibility index (Phi) is 7.93. The van der Waals surface area contributed by atoms with Gasteiger partial charge >= 0.3 is 4.87 Å². The van der Waals surface area contributed by atoms with Crippen LogP contribution in [-0.2, 0) is 14.4 Å². The summed E-state index contributed by atoms with van der Waals surface area (Å²) in [5.41, 5.74) is 1.85. The van der Waals surface area contributed by atoms with Crippen LogP contribution >= 0.6 is 39.0 Å². The Morgan fingerprint density at radius 3 is 2.48 bits per heavy atom. The summed E-state index contributed by atoms with van der Waals surface area (Å²) in [6.07, 6.45) is 0. The number of H-pyrrole nitrogens is 1. The number of nitrogens with one attached hydrogen (secondary N) is 2. The summed E-state index contributed by atoms with van der Waals surface area (Å²) < 4.78 is 12.5. The number of hydrogen-bond donors (Lipinski definition) is 2. The molecule has 1 fully saturated rings. The Labute approximate surface area is 257 Å². The maximum atomic E-state index is 13.9. The minimum absolute atomic E-state index is 0.238. The number of benzene rings is 3. The standard InChI is InChI=1S/C30H24BrN3O6S2/c1-2-39-21-14-16(8-13-20(21)40-15-22(35)32-18-6-4-3-5-7-18)23-24-26(41-27-25(23)42-30(38)33-27)29(37)34(28(24)36)19-11-9-17(31)10-12-19/h3-14,23-24,26H,2,15H2,1H3,(H,32,35)(H,33,38)/t23-,24-,26+/m0/s1. The van der Waals surface area contributed by atoms with Crippen LogP contribution in [0.1, 0.15) is 23.3 Å². The number of nitrogens with zero attached hydrogens (tertiary/aromatic N) is 1. The van der Waals surface area contributed by atoms with Crippen LogP contribution in [0.25, 0.3) is 0 Å². The van der Waals surface area contributed by atoms with Gasteiger partial charge in [0.1, 0.15) is 5.25 Å². The van der Waals surface area contributed by atoms with Gasteiger partial charge in [0.05, 0.1) is 23.2 Å². The lowest BCUT2D eigenvalue weighted by Crippen LogP contribution is -2.32. The van der Waals surface area contributed by atoms with Gasteiger partial charge in [-0.2, -0.15) is 0 Å². The zero-order chi connectivity index (χ0) is 29.4. The topological polar surface area (TPSA) is 118 Å². The Morgan fingerprint density at radius 2 is 1.74 bits per heavy atom. The molecule has 1 saturated heterocycles. The molecule has 0 saturated carbocycles. The molecule has 12 heteroatoms. The molecule has 42 heavy (non-hydrogen) atoms. The summed E-state index contributed by atoms with van der Waals surface area (Å²) in [6, 6.07) is 21.3. The number of fused-ring (bicyclic) bond motifs is 2. The minimum Gasteiger partial charge on any atom is -0.490 e. The summed E-state index contributed by atoms with van der Waals surface area (Å²) in [5.74, 6) is -1.53. The number of anilines is 2. The molecule has 4 aromatic rings.